The molecule has 0 bridgehead atoms. The second kappa shape index (κ2) is 5.75. The second-order valence-corrected chi connectivity index (χ2v) is 9.71. The molecule has 5 rings (SSSR count). The van der Waals surface area contributed by atoms with Crippen LogP contribution in [-0.2, 0) is 12.6 Å². The Kier molecular flexibility index (Phi) is 3.61. The van der Waals surface area contributed by atoms with Gasteiger partial charge >= 0.3 is 5.76 Å². The lowest BCUT2D eigenvalue weighted by atomic mass is 10.0. The highest BCUT2D eigenvalue weighted by atomic mass is 16.4. The number of oxazole rings is 1. The van der Waals surface area contributed by atoms with Crippen LogP contribution in [0, 0.1) is 5.41 Å². The van der Waals surface area contributed by atoms with E-state index >= 15 is 0 Å². The molecule has 1 spiro atoms. The molecular formula is C22H28N4O2. The van der Waals surface area contributed by atoms with E-state index in [0.717, 1.165) is 17.0 Å². The Balaban J connectivity index is 1.49. The van der Waals surface area contributed by atoms with E-state index in [9.17, 15) is 4.79 Å². The molecule has 2 fully saturated rings. The number of benzene rings is 1. The SMILES string of the molecule is Cn1c(=O)oc2cc(Nc3cc([C@H]4CCC5(CC5)C4)nn3C(C)(C)C)ccc21. The zero-order valence-corrected chi connectivity index (χ0v) is 17.1. The van der Waals surface area contributed by atoms with Gasteiger partial charge in [-0.1, -0.05) is 0 Å². The molecule has 0 radical (unpaired) electrons. The average molecular weight is 380 g/mol. The summed E-state index contributed by atoms with van der Waals surface area (Å²) in [7, 11) is 1.72. The molecule has 1 aromatic carbocycles. The highest BCUT2D eigenvalue weighted by Gasteiger charge is 2.49. The monoisotopic (exact) mass is 380 g/mol. The van der Waals surface area contributed by atoms with Crippen molar-refractivity contribution in [3.05, 3.63) is 40.5 Å². The molecule has 0 saturated heterocycles. The standard InChI is InChI=1S/C22H28N4O2/c1-21(2,3)26-19(12-16(24-26)14-7-8-22(13-14)9-10-22)23-15-5-6-17-18(11-15)28-20(27)25(17)4/h5-6,11-12,14,23H,7-10,13H2,1-4H3/t14-/m0/s1. The Morgan fingerprint density at radius 3 is 2.68 bits per heavy atom. The van der Waals surface area contributed by atoms with Crippen molar-refractivity contribution in [2.45, 2.75) is 64.3 Å². The predicted octanol–water partition coefficient (Wildman–Crippen LogP) is 4.87. The Bertz CT molecular complexity index is 1110. The molecule has 6 heteroatoms. The zero-order valence-electron chi connectivity index (χ0n) is 17.1. The molecule has 1 N–H and O–H groups in total. The number of anilines is 2. The van der Waals surface area contributed by atoms with Gasteiger partial charge in [0.1, 0.15) is 5.82 Å². The molecule has 148 valence electrons. The normalized spacial score (nSPS) is 20.9. The van der Waals surface area contributed by atoms with Gasteiger partial charge in [-0.15, -0.1) is 0 Å². The molecule has 3 aromatic rings. The van der Waals surface area contributed by atoms with Crippen LogP contribution in [0.25, 0.3) is 11.1 Å². The molecule has 0 aliphatic heterocycles. The Hall–Kier alpha value is -2.50. The molecule has 2 aromatic heterocycles. The van der Waals surface area contributed by atoms with Crippen LogP contribution in [0.2, 0.25) is 0 Å². The van der Waals surface area contributed by atoms with Crippen LogP contribution in [0.4, 0.5) is 11.5 Å². The van der Waals surface area contributed by atoms with Crippen molar-refractivity contribution in [1.29, 1.82) is 0 Å². The maximum atomic E-state index is 11.8. The van der Waals surface area contributed by atoms with Gasteiger partial charge in [-0.2, -0.15) is 5.10 Å². The lowest BCUT2D eigenvalue weighted by molar-refractivity contribution is 0.356. The maximum Gasteiger partial charge on any atom is 0.419 e. The molecule has 2 heterocycles. The van der Waals surface area contributed by atoms with Crippen molar-refractivity contribution in [2.75, 3.05) is 5.32 Å². The highest BCUT2D eigenvalue weighted by Crippen LogP contribution is 2.61. The minimum atomic E-state index is -0.343. The fraction of sp³-hybridized carbons (Fsp3) is 0.545. The highest BCUT2D eigenvalue weighted by molar-refractivity contribution is 5.78. The van der Waals surface area contributed by atoms with E-state index < -0.39 is 0 Å². The van der Waals surface area contributed by atoms with Crippen molar-refractivity contribution >= 4 is 22.6 Å². The first-order valence-corrected chi connectivity index (χ1v) is 10.2. The molecule has 28 heavy (non-hydrogen) atoms. The van der Waals surface area contributed by atoms with Gasteiger partial charge in [0.25, 0.3) is 0 Å². The van der Waals surface area contributed by atoms with Crippen molar-refractivity contribution in [3.8, 4) is 0 Å². The van der Waals surface area contributed by atoms with Crippen LogP contribution < -0.4 is 11.1 Å². The number of aryl methyl sites for hydroxylation is 1. The van der Waals surface area contributed by atoms with Gasteiger partial charge in [0.05, 0.1) is 16.7 Å². The summed E-state index contributed by atoms with van der Waals surface area (Å²) >= 11 is 0. The first kappa shape index (κ1) is 17.6. The average Bonchev–Trinajstić information content (AvgIpc) is 2.95. The van der Waals surface area contributed by atoms with E-state index in [2.05, 4.69) is 36.8 Å². The summed E-state index contributed by atoms with van der Waals surface area (Å²) in [5.41, 5.74) is 3.99. The van der Waals surface area contributed by atoms with Crippen molar-refractivity contribution in [3.63, 3.8) is 0 Å². The minimum Gasteiger partial charge on any atom is -0.408 e. The summed E-state index contributed by atoms with van der Waals surface area (Å²) in [4.78, 5) is 11.8. The van der Waals surface area contributed by atoms with Crippen LogP contribution in [-0.4, -0.2) is 14.3 Å². The number of nitrogens with one attached hydrogen (secondary N) is 1. The van der Waals surface area contributed by atoms with Gasteiger partial charge < -0.3 is 9.73 Å². The van der Waals surface area contributed by atoms with Crippen LogP contribution in [0.5, 0.6) is 0 Å². The molecular weight excluding hydrogens is 352 g/mol. The summed E-state index contributed by atoms with van der Waals surface area (Å²) in [5, 5.41) is 8.52. The van der Waals surface area contributed by atoms with E-state index in [1.165, 1.54) is 42.4 Å². The Labute approximate surface area is 164 Å². The van der Waals surface area contributed by atoms with Gasteiger partial charge in [0.15, 0.2) is 5.58 Å². The molecule has 2 saturated carbocycles. The van der Waals surface area contributed by atoms with Crippen molar-refractivity contribution < 1.29 is 4.42 Å². The molecule has 2 aliphatic rings. The van der Waals surface area contributed by atoms with Crippen LogP contribution >= 0.6 is 0 Å². The van der Waals surface area contributed by atoms with Crippen LogP contribution in [0.15, 0.2) is 33.5 Å². The third-order valence-electron chi connectivity index (χ3n) is 6.51. The van der Waals surface area contributed by atoms with Gasteiger partial charge in [-0.3, -0.25) is 4.57 Å². The van der Waals surface area contributed by atoms with E-state index in [1.807, 2.05) is 18.2 Å². The molecule has 0 unspecified atom stereocenters. The van der Waals surface area contributed by atoms with Crippen molar-refractivity contribution in [1.82, 2.24) is 14.3 Å². The molecule has 0 amide bonds. The molecule has 2 aliphatic carbocycles. The smallest absolute Gasteiger partial charge is 0.408 e. The van der Waals surface area contributed by atoms with Gasteiger partial charge in [0.2, 0.25) is 0 Å². The fourth-order valence-electron chi connectivity index (χ4n) is 4.65. The number of fused-ring (bicyclic) bond motifs is 1. The van der Waals surface area contributed by atoms with Gasteiger partial charge in [-0.25, -0.2) is 9.48 Å². The van der Waals surface area contributed by atoms with Crippen LogP contribution in [0.1, 0.15) is 64.5 Å². The van der Waals surface area contributed by atoms with E-state index in [1.54, 1.807) is 7.05 Å². The van der Waals surface area contributed by atoms with E-state index in [-0.39, 0.29) is 11.3 Å². The lowest BCUT2D eigenvalue weighted by Crippen LogP contribution is -2.24. The predicted molar refractivity (Wildman–Crippen MR) is 110 cm³/mol. The first-order valence-electron chi connectivity index (χ1n) is 10.2. The summed E-state index contributed by atoms with van der Waals surface area (Å²) in [6, 6.07) is 7.98. The fourth-order valence-corrected chi connectivity index (χ4v) is 4.65. The third kappa shape index (κ3) is 2.86. The number of rotatable bonds is 3. The van der Waals surface area contributed by atoms with Gasteiger partial charge in [0, 0.05) is 30.8 Å². The van der Waals surface area contributed by atoms with Gasteiger partial charge in [-0.05, 0) is 70.4 Å². The first-order chi connectivity index (χ1) is 13.2. The topological polar surface area (TPSA) is 65.0 Å². The maximum absolute atomic E-state index is 11.8. The lowest BCUT2D eigenvalue weighted by Gasteiger charge is -2.23. The second-order valence-electron chi connectivity index (χ2n) is 9.71. The van der Waals surface area contributed by atoms with Crippen LogP contribution in [0.3, 0.4) is 0 Å². The molecule has 6 nitrogen and oxygen atoms in total. The van der Waals surface area contributed by atoms with E-state index in [4.69, 9.17) is 9.52 Å². The van der Waals surface area contributed by atoms with Crippen molar-refractivity contribution in [2.24, 2.45) is 12.5 Å². The Morgan fingerprint density at radius 2 is 2.00 bits per heavy atom. The Morgan fingerprint density at radius 1 is 1.21 bits per heavy atom. The summed E-state index contributed by atoms with van der Waals surface area (Å²) in [6.45, 7) is 6.52. The minimum absolute atomic E-state index is 0.125. The summed E-state index contributed by atoms with van der Waals surface area (Å²) in [5.74, 6) is 1.21. The number of aromatic nitrogens is 3. The number of nitrogens with zero attached hydrogens (tertiary/aromatic N) is 3. The third-order valence-corrected chi connectivity index (χ3v) is 6.51. The summed E-state index contributed by atoms with van der Waals surface area (Å²) in [6.07, 6.45) is 6.69. The van der Waals surface area contributed by atoms with E-state index in [0.29, 0.717) is 16.9 Å². The molecule has 1 atom stereocenters. The quantitative estimate of drug-likeness (QED) is 0.704. The number of hydrogen-bond donors (Lipinski definition) is 1. The largest absolute Gasteiger partial charge is 0.419 e. The zero-order chi connectivity index (χ0) is 19.7. The number of hydrogen-bond acceptors (Lipinski definition) is 4. The summed E-state index contributed by atoms with van der Waals surface area (Å²) < 4.78 is 8.94.